The van der Waals surface area contributed by atoms with Gasteiger partial charge in [-0.1, -0.05) is 127 Å². The molecule has 10 rings (SSSR count). The summed E-state index contributed by atoms with van der Waals surface area (Å²) < 4.78 is 2.37. The Balaban J connectivity index is 1.16. The second kappa shape index (κ2) is 11.5. The van der Waals surface area contributed by atoms with Crippen LogP contribution in [-0.2, 0) is 5.41 Å². The quantitative estimate of drug-likeness (QED) is 0.185. The fourth-order valence-corrected chi connectivity index (χ4v) is 8.08. The van der Waals surface area contributed by atoms with Gasteiger partial charge in [0.25, 0.3) is 0 Å². The van der Waals surface area contributed by atoms with Crippen LogP contribution in [0.1, 0.15) is 18.9 Å². The van der Waals surface area contributed by atoms with Crippen molar-refractivity contribution >= 4 is 33.4 Å². The van der Waals surface area contributed by atoms with E-state index in [0.717, 1.165) is 45.9 Å². The van der Waals surface area contributed by atoms with Crippen LogP contribution in [0.15, 0.2) is 182 Å². The minimum Gasteiger partial charge on any atom is -0.309 e. The lowest BCUT2D eigenvalue weighted by atomic mass is 9.76. The van der Waals surface area contributed by atoms with E-state index < -0.39 is 0 Å². The SMILES string of the molecule is CC12CC=CC=C1N(c1nc(-c3ccccc3)cc(-c3ccccc3)n1)c1cc(-c3ccc4c(c3)c3ccccc3n4-c3ccccc3)ccc12. The Bertz CT molecular complexity index is 2610. The summed E-state index contributed by atoms with van der Waals surface area (Å²) in [4.78, 5) is 12.9. The fraction of sp³-hybridized carbons (Fsp3) is 0.0638. The van der Waals surface area contributed by atoms with Crippen molar-refractivity contribution in [1.29, 1.82) is 0 Å². The van der Waals surface area contributed by atoms with Crippen molar-refractivity contribution in [3.63, 3.8) is 0 Å². The topological polar surface area (TPSA) is 34.0 Å². The molecule has 4 nitrogen and oxygen atoms in total. The lowest BCUT2D eigenvalue weighted by Gasteiger charge is -2.30. The van der Waals surface area contributed by atoms with E-state index in [-0.39, 0.29) is 5.41 Å². The van der Waals surface area contributed by atoms with Crippen molar-refractivity contribution in [2.45, 2.75) is 18.8 Å². The minimum absolute atomic E-state index is 0.200. The Hall–Kier alpha value is -6.52. The lowest BCUT2D eigenvalue weighted by molar-refractivity contribution is 0.576. The molecule has 0 amide bonds. The van der Waals surface area contributed by atoms with Crippen LogP contribution < -0.4 is 4.90 Å². The highest BCUT2D eigenvalue weighted by Crippen LogP contribution is 2.55. The van der Waals surface area contributed by atoms with E-state index in [0.29, 0.717) is 5.95 Å². The van der Waals surface area contributed by atoms with Crippen LogP contribution in [0.2, 0.25) is 0 Å². The van der Waals surface area contributed by atoms with Gasteiger partial charge in [-0.25, -0.2) is 9.97 Å². The Morgan fingerprint density at radius 1 is 0.549 bits per heavy atom. The number of nitrogens with zero attached hydrogens (tertiary/aromatic N) is 4. The van der Waals surface area contributed by atoms with Gasteiger partial charge in [0.2, 0.25) is 5.95 Å². The van der Waals surface area contributed by atoms with Gasteiger partial charge < -0.3 is 4.57 Å². The predicted molar refractivity (Wildman–Crippen MR) is 210 cm³/mol. The molecule has 51 heavy (non-hydrogen) atoms. The number of rotatable bonds is 5. The van der Waals surface area contributed by atoms with Crippen LogP contribution in [0.25, 0.3) is 61.1 Å². The first-order chi connectivity index (χ1) is 25.2. The molecule has 3 heterocycles. The molecule has 1 aliphatic carbocycles. The fourth-order valence-electron chi connectivity index (χ4n) is 8.08. The molecule has 242 valence electrons. The maximum Gasteiger partial charge on any atom is 0.235 e. The van der Waals surface area contributed by atoms with E-state index >= 15 is 0 Å². The lowest BCUT2D eigenvalue weighted by Crippen LogP contribution is -2.27. The molecule has 6 aromatic carbocycles. The highest BCUT2D eigenvalue weighted by Gasteiger charge is 2.45. The molecular weight excluding hydrogens is 621 g/mol. The first kappa shape index (κ1) is 29.4. The van der Waals surface area contributed by atoms with Crippen molar-refractivity contribution in [2.75, 3.05) is 4.90 Å². The van der Waals surface area contributed by atoms with Crippen molar-refractivity contribution < 1.29 is 0 Å². The molecule has 4 heteroatoms. The molecule has 0 saturated carbocycles. The molecule has 0 fully saturated rings. The number of allylic oxidation sites excluding steroid dienone is 4. The normalized spacial score (nSPS) is 16.3. The Morgan fingerprint density at radius 3 is 1.88 bits per heavy atom. The number of benzene rings is 6. The molecule has 8 aromatic rings. The van der Waals surface area contributed by atoms with Crippen LogP contribution in [0.3, 0.4) is 0 Å². The van der Waals surface area contributed by atoms with E-state index in [2.05, 4.69) is 180 Å². The standard InChI is InChI=1S/C47H34N4/c1-47-28-14-13-23-45(47)51(46-48-40(32-15-5-2-6-16-32)31-41(49-46)33-17-7-3-8-18-33)44-30-35(24-26-39(44)47)34-25-27-43-38(29-34)37-21-11-12-22-42(37)50(43)36-19-9-4-10-20-36/h2-27,29-31H,28H2,1H3. The second-order valence-electron chi connectivity index (χ2n) is 13.7. The van der Waals surface area contributed by atoms with E-state index in [1.807, 2.05) is 12.1 Å². The van der Waals surface area contributed by atoms with Gasteiger partial charge in [0.1, 0.15) is 0 Å². The molecule has 0 spiro atoms. The van der Waals surface area contributed by atoms with E-state index in [9.17, 15) is 0 Å². The highest BCUT2D eigenvalue weighted by molar-refractivity contribution is 6.10. The van der Waals surface area contributed by atoms with Gasteiger partial charge in [-0.15, -0.1) is 0 Å². The third kappa shape index (κ3) is 4.68. The van der Waals surface area contributed by atoms with Gasteiger partial charge in [0.15, 0.2) is 0 Å². The Morgan fingerprint density at radius 2 is 1.16 bits per heavy atom. The second-order valence-corrected chi connectivity index (χ2v) is 13.7. The summed E-state index contributed by atoms with van der Waals surface area (Å²) >= 11 is 0. The monoisotopic (exact) mass is 654 g/mol. The summed E-state index contributed by atoms with van der Waals surface area (Å²) in [6.07, 6.45) is 7.61. The van der Waals surface area contributed by atoms with E-state index in [4.69, 9.17) is 9.97 Å². The molecule has 1 atom stereocenters. The zero-order chi connectivity index (χ0) is 33.9. The van der Waals surface area contributed by atoms with Crippen molar-refractivity contribution in [1.82, 2.24) is 14.5 Å². The zero-order valence-corrected chi connectivity index (χ0v) is 28.2. The van der Waals surface area contributed by atoms with E-state index in [1.54, 1.807) is 0 Å². The molecule has 1 aliphatic heterocycles. The van der Waals surface area contributed by atoms with Crippen LogP contribution in [0, 0.1) is 0 Å². The van der Waals surface area contributed by atoms with Crippen molar-refractivity contribution in [3.05, 3.63) is 187 Å². The average Bonchev–Trinajstić information content (AvgIpc) is 3.67. The van der Waals surface area contributed by atoms with E-state index in [1.165, 1.54) is 38.6 Å². The summed E-state index contributed by atoms with van der Waals surface area (Å²) in [5.74, 6) is 0.681. The molecule has 1 unspecified atom stereocenters. The van der Waals surface area contributed by atoms with Crippen LogP contribution in [0.4, 0.5) is 11.6 Å². The van der Waals surface area contributed by atoms with Crippen molar-refractivity contribution in [2.24, 2.45) is 0 Å². The van der Waals surface area contributed by atoms with Crippen LogP contribution in [0.5, 0.6) is 0 Å². The predicted octanol–water partition coefficient (Wildman–Crippen LogP) is 11.8. The van der Waals surface area contributed by atoms with Crippen LogP contribution in [-0.4, -0.2) is 14.5 Å². The summed E-state index contributed by atoms with van der Waals surface area (Å²) in [6, 6.07) is 56.1. The number of aromatic nitrogens is 3. The third-order valence-corrected chi connectivity index (χ3v) is 10.6. The molecule has 2 aromatic heterocycles. The largest absolute Gasteiger partial charge is 0.309 e. The summed E-state index contributed by atoms with van der Waals surface area (Å²) in [5, 5.41) is 2.48. The Labute approximate surface area is 297 Å². The van der Waals surface area contributed by atoms with Gasteiger partial charge in [0, 0.05) is 38.7 Å². The number of hydrogen-bond acceptors (Lipinski definition) is 3. The molecular formula is C47H34N4. The highest BCUT2D eigenvalue weighted by atomic mass is 15.3. The molecule has 0 radical (unpaired) electrons. The smallest absolute Gasteiger partial charge is 0.235 e. The summed E-state index contributed by atoms with van der Waals surface area (Å²) in [7, 11) is 0. The maximum absolute atomic E-state index is 5.29. The van der Waals surface area contributed by atoms with Gasteiger partial charge >= 0.3 is 0 Å². The number of fused-ring (bicyclic) bond motifs is 6. The average molecular weight is 655 g/mol. The van der Waals surface area contributed by atoms with Gasteiger partial charge in [-0.2, -0.15) is 0 Å². The summed E-state index contributed by atoms with van der Waals surface area (Å²) in [5.41, 5.74) is 13.3. The Kier molecular flexibility index (Phi) is 6.65. The van der Waals surface area contributed by atoms with Crippen molar-refractivity contribution in [3.8, 4) is 39.3 Å². The number of hydrogen-bond donors (Lipinski definition) is 0. The molecule has 0 saturated heterocycles. The molecule has 2 aliphatic rings. The van der Waals surface area contributed by atoms with Gasteiger partial charge in [0.05, 0.1) is 28.1 Å². The number of anilines is 2. The maximum atomic E-state index is 5.29. The molecule has 0 bridgehead atoms. The molecule has 0 N–H and O–H groups in total. The third-order valence-electron chi connectivity index (χ3n) is 10.6. The zero-order valence-electron chi connectivity index (χ0n) is 28.2. The first-order valence-corrected chi connectivity index (χ1v) is 17.6. The van der Waals surface area contributed by atoms with Gasteiger partial charge in [-0.3, -0.25) is 4.90 Å². The summed E-state index contributed by atoms with van der Waals surface area (Å²) in [6.45, 7) is 2.35. The number of para-hydroxylation sites is 2. The first-order valence-electron chi connectivity index (χ1n) is 17.6. The van der Waals surface area contributed by atoms with Crippen LogP contribution >= 0.6 is 0 Å². The minimum atomic E-state index is -0.200. The van der Waals surface area contributed by atoms with Gasteiger partial charge in [-0.05, 0) is 78.6 Å².